The van der Waals surface area contributed by atoms with Crippen molar-refractivity contribution in [3.8, 4) is 6.07 Å². The van der Waals surface area contributed by atoms with Crippen molar-refractivity contribution in [1.29, 1.82) is 5.26 Å². The molecule has 14 heavy (non-hydrogen) atoms. The molecule has 0 saturated carbocycles. The topological polar surface area (TPSA) is 23.8 Å². The molecule has 0 spiro atoms. The predicted molar refractivity (Wildman–Crippen MR) is 61.8 cm³/mol. The molecule has 0 aromatic rings. The van der Waals surface area contributed by atoms with E-state index < -0.39 is 0 Å². The highest BCUT2D eigenvalue weighted by Gasteiger charge is 2.03. The van der Waals surface area contributed by atoms with Crippen LogP contribution in [-0.4, -0.2) is 0 Å². The van der Waals surface area contributed by atoms with Gasteiger partial charge in [-0.05, 0) is 39.5 Å². The Bertz CT molecular complexity index is 208. The first-order valence-corrected chi connectivity index (χ1v) is 5.47. The molecular formula is C13H21N. The molecule has 0 aliphatic carbocycles. The van der Waals surface area contributed by atoms with Crippen LogP contribution in [0.3, 0.4) is 0 Å². The molecular weight excluding hydrogens is 170 g/mol. The SMILES string of the molecule is CC=CCCCCC(C#N)CC=CC. The smallest absolute Gasteiger partial charge is 0.0659 e. The van der Waals surface area contributed by atoms with Gasteiger partial charge in [0.15, 0.2) is 0 Å². The molecule has 1 atom stereocenters. The van der Waals surface area contributed by atoms with E-state index in [-0.39, 0.29) is 5.92 Å². The Kier molecular flexibility index (Phi) is 9.31. The number of nitriles is 1. The quantitative estimate of drug-likeness (QED) is 0.436. The van der Waals surface area contributed by atoms with Crippen LogP contribution in [0.15, 0.2) is 24.3 Å². The molecule has 0 amide bonds. The Morgan fingerprint density at radius 2 is 1.86 bits per heavy atom. The summed E-state index contributed by atoms with van der Waals surface area (Å²) in [4.78, 5) is 0. The van der Waals surface area contributed by atoms with Crippen LogP contribution in [0.1, 0.15) is 46.0 Å². The lowest BCUT2D eigenvalue weighted by Crippen LogP contribution is -1.94. The maximum atomic E-state index is 8.86. The van der Waals surface area contributed by atoms with Crippen molar-refractivity contribution in [3.05, 3.63) is 24.3 Å². The summed E-state index contributed by atoms with van der Waals surface area (Å²) in [7, 11) is 0. The second-order valence-electron chi connectivity index (χ2n) is 3.48. The van der Waals surface area contributed by atoms with E-state index in [0.29, 0.717) is 0 Å². The van der Waals surface area contributed by atoms with Crippen LogP contribution in [0.2, 0.25) is 0 Å². The third-order valence-electron chi connectivity index (χ3n) is 2.25. The highest BCUT2D eigenvalue weighted by Crippen LogP contribution is 2.13. The second-order valence-corrected chi connectivity index (χ2v) is 3.48. The van der Waals surface area contributed by atoms with Crippen molar-refractivity contribution >= 4 is 0 Å². The summed E-state index contributed by atoms with van der Waals surface area (Å²) in [6.45, 7) is 4.05. The first-order chi connectivity index (χ1) is 6.85. The molecule has 0 aliphatic rings. The minimum absolute atomic E-state index is 0.219. The van der Waals surface area contributed by atoms with Gasteiger partial charge in [0.05, 0.1) is 6.07 Å². The molecule has 0 radical (unpaired) electrons. The summed E-state index contributed by atoms with van der Waals surface area (Å²) in [5.74, 6) is 0.219. The number of nitrogens with zero attached hydrogens (tertiary/aromatic N) is 1. The summed E-state index contributed by atoms with van der Waals surface area (Å²) in [5.41, 5.74) is 0. The molecule has 0 aromatic heterocycles. The van der Waals surface area contributed by atoms with Crippen LogP contribution >= 0.6 is 0 Å². The predicted octanol–water partition coefficient (Wildman–Crippen LogP) is 4.23. The minimum atomic E-state index is 0.219. The number of hydrogen-bond donors (Lipinski definition) is 0. The molecule has 0 fully saturated rings. The van der Waals surface area contributed by atoms with E-state index in [0.717, 1.165) is 19.3 Å². The van der Waals surface area contributed by atoms with Crippen LogP contribution in [-0.2, 0) is 0 Å². The zero-order valence-electron chi connectivity index (χ0n) is 9.37. The van der Waals surface area contributed by atoms with E-state index >= 15 is 0 Å². The standard InChI is InChI=1S/C13H21N/c1-3-5-7-8-9-11-13(12-14)10-6-4-2/h3-6,13H,7-11H2,1-2H3. The van der Waals surface area contributed by atoms with Crippen LogP contribution in [0, 0.1) is 17.2 Å². The fraction of sp³-hybridized carbons (Fsp3) is 0.615. The van der Waals surface area contributed by atoms with E-state index in [4.69, 9.17) is 5.26 Å². The lowest BCUT2D eigenvalue weighted by atomic mass is 9.99. The summed E-state index contributed by atoms with van der Waals surface area (Å²) in [5, 5.41) is 8.86. The van der Waals surface area contributed by atoms with E-state index in [1.807, 2.05) is 19.9 Å². The van der Waals surface area contributed by atoms with Gasteiger partial charge in [0.25, 0.3) is 0 Å². The molecule has 1 unspecified atom stereocenters. The molecule has 0 saturated heterocycles. The van der Waals surface area contributed by atoms with E-state index in [1.54, 1.807) is 0 Å². The van der Waals surface area contributed by atoms with Crippen LogP contribution in [0.4, 0.5) is 0 Å². The molecule has 1 nitrogen and oxygen atoms in total. The Labute approximate surface area is 88.1 Å². The number of allylic oxidation sites excluding steroid dienone is 4. The average molecular weight is 191 g/mol. The third-order valence-corrected chi connectivity index (χ3v) is 2.25. The van der Waals surface area contributed by atoms with Crippen molar-refractivity contribution in [1.82, 2.24) is 0 Å². The molecule has 0 N–H and O–H groups in total. The monoisotopic (exact) mass is 191 g/mol. The van der Waals surface area contributed by atoms with Crippen molar-refractivity contribution in [2.75, 3.05) is 0 Å². The Balaban J connectivity index is 3.48. The molecule has 1 heteroatoms. The minimum Gasteiger partial charge on any atom is -0.198 e. The molecule has 0 aliphatic heterocycles. The van der Waals surface area contributed by atoms with Gasteiger partial charge in [0.1, 0.15) is 0 Å². The average Bonchev–Trinajstić information content (AvgIpc) is 2.22. The summed E-state index contributed by atoms with van der Waals surface area (Å²) < 4.78 is 0. The molecule has 0 rings (SSSR count). The summed E-state index contributed by atoms with van der Waals surface area (Å²) >= 11 is 0. The molecule has 0 aromatic carbocycles. The molecule has 0 heterocycles. The number of rotatable bonds is 7. The third kappa shape index (κ3) is 7.61. The van der Waals surface area contributed by atoms with Crippen molar-refractivity contribution < 1.29 is 0 Å². The van der Waals surface area contributed by atoms with Crippen LogP contribution < -0.4 is 0 Å². The van der Waals surface area contributed by atoms with Gasteiger partial charge in [-0.1, -0.05) is 30.7 Å². The first kappa shape index (κ1) is 13.0. The van der Waals surface area contributed by atoms with Gasteiger partial charge in [-0.25, -0.2) is 0 Å². The first-order valence-electron chi connectivity index (χ1n) is 5.47. The van der Waals surface area contributed by atoms with Gasteiger partial charge < -0.3 is 0 Å². The zero-order chi connectivity index (χ0) is 10.6. The maximum absolute atomic E-state index is 8.86. The van der Waals surface area contributed by atoms with E-state index in [9.17, 15) is 0 Å². The maximum Gasteiger partial charge on any atom is 0.0659 e. The summed E-state index contributed by atoms with van der Waals surface area (Å²) in [6, 6.07) is 2.36. The van der Waals surface area contributed by atoms with Gasteiger partial charge in [-0.2, -0.15) is 5.26 Å². The van der Waals surface area contributed by atoms with Gasteiger partial charge in [0.2, 0.25) is 0 Å². The molecule has 0 bridgehead atoms. The van der Waals surface area contributed by atoms with Gasteiger partial charge in [-0.15, -0.1) is 0 Å². The normalized spacial score (nSPS) is 13.5. The lowest BCUT2D eigenvalue weighted by molar-refractivity contribution is 0.560. The van der Waals surface area contributed by atoms with Crippen LogP contribution in [0.5, 0.6) is 0 Å². The Morgan fingerprint density at radius 3 is 2.43 bits per heavy atom. The lowest BCUT2D eigenvalue weighted by Gasteiger charge is -2.04. The van der Waals surface area contributed by atoms with Gasteiger partial charge in [-0.3, -0.25) is 0 Å². The second kappa shape index (κ2) is 10.1. The number of unbranched alkanes of at least 4 members (excludes halogenated alkanes) is 2. The fourth-order valence-corrected chi connectivity index (χ4v) is 1.36. The van der Waals surface area contributed by atoms with Crippen molar-refractivity contribution in [3.63, 3.8) is 0 Å². The molecule has 78 valence electrons. The van der Waals surface area contributed by atoms with Crippen molar-refractivity contribution in [2.24, 2.45) is 5.92 Å². The van der Waals surface area contributed by atoms with Crippen LogP contribution in [0.25, 0.3) is 0 Å². The van der Waals surface area contributed by atoms with Gasteiger partial charge in [0, 0.05) is 5.92 Å². The van der Waals surface area contributed by atoms with Gasteiger partial charge >= 0.3 is 0 Å². The fourth-order valence-electron chi connectivity index (χ4n) is 1.36. The zero-order valence-corrected chi connectivity index (χ0v) is 9.37. The largest absolute Gasteiger partial charge is 0.198 e. The Hall–Kier alpha value is -1.03. The van der Waals surface area contributed by atoms with E-state index in [2.05, 4.69) is 24.3 Å². The highest BCUT2D eigenvalue weighted by atomic mass is 14.3. The number of hydrogen-bond acceptors (Lipinski definition) is 1. The van der Waals surface area contributed by atoms with Crippen molar-refractivity contribution in [2.45, 2.75) is 46.0 Å². The van der Waals surface area contributed by atoms with E-state index in [1.165, 1.54) is 12.8 Å². The highest BCUT2D eigenvalue weighted by molar-refractivity contribution is 4.90. The Morgan fingerprint density at radius 1 is 1.14 bits per heavy atom. The summed E-state index contributed by atoms with van der Waals surface area (Å²) in [6.07, 6.45) is 13.9.